The van der Waals surface area contributed by atoms with Gasteiger partial charge in [0.25, 0.3) is 5.91 Å². The first-order valence-corrected chi connectivity index (χ1v) is 5.95. The van der Waals surface area contributed by atoms with E-state index in [1.165, 1.54) is 0 Å². The van der Waals surface area contributed by atoms with Crippen molar-refractivity contribution < 1.29 is 14.3 Å². The van der Waals surface area contributed by atoms with Crippen LogP contribution in [0.15, 0.2) is 24.3 Å². The molecule has 2 N–H and O–H groups in total. The second-order valence-electron chi connectivity index (χ2n) is 3.70. The van der Waals surface area contributed by atoms with E-state index >= 15 is 0 Å². The predicted octanol–water partition coefficient (Wildman–Crippen LogP) is 1.19. The zero-order valence-electron chi connectivity index (χ0n) is 10.7. The minimum atomic E-state index is -0.386. The summed E-state index contributed by atoms with van der Waals surface area (Å²) in [5, 5.41) is 0. The molecule has 5 heteroatoms. The Balaban J connectivity index is 2.40. The van der Waals surface area contributed by atoms with Gasteiger partial charge in [0.15, 0.2) is 6.61 Å². The van der Waals surface area contributed by atoms with Gasteiger partial charge in [0, 0.05) is 6.42 Å². The van der Waals surface area contributed by atoms with Crippen molar-refractivity contribution in [1.82, 2.24) is 10.9 Å². The van der Waals surface area contributed by atoms with Crippen LogP contribution in [0.3, 0.4) is 0 Å². The van der Waals surface area contributed by atoms with Crippen LogP contribution in [-0.4, -0.2) is 18.4 Å². The molecule has 1 rings (SSSR count). The summed E-state index contributed by atoms with van der Waals surface area (Å²) in [4.78, 5) is 22.3. The van der Waals surface area contributed by atoms with Crippen molar-refractivity contribution in [3.05, 3.63) is 29.8 Å². The van der Waals surface area contributed by atoms with Gasteiger partial charge in [-0.25, -0.2) is 0 Å². The van der Waals surface area contributed by atoms with Crippen LogP contribution in [0.2, 0.25) is 0 Å². The monoisotopic (exact) mass is 250 g/mol. The molecule has 0 radical (unpaired) electrons. The molecule has 0 fully saturated rings. The average Bonchev–Trinajstić information content (AvgIpc) is 2.42. The lowest BCUT2D eigenvalue weighted by Gasteiger charge is -2.10. The van der Waals surface area contributed by atoms with E-state index in [1.54, 1.807) is 6.92 Å². The fraction of sp³-hybridized carbons (Fsp3) is 0.385. The molecule has 18 heavy (non-hydrogen) atoms. The first-order valence-electron chi connectivity index (χ1n) is 5.95. The third-order valence-electron chi connectivity index (χ3n) is 2.37. The SMILES string of the molecule is CCC(=O)NNC(=O)COc1ccccc1CC. The largest absolute Gasteiger partial charge is 0.483 e. The average molecular weight is 250 g/mol. The van der Waals surface area contributed by atoms with E-state index in [0.29, 0.717) is 12.2 Å². The molecule has 0 aliphatic heterocycles. The number of nitrogens with one attached hydrogen (secondary N) is 2. The van der Waals surface area contributed by atoms with Gasteiger partial charge in [-0.2, -0.15) is 0 Å². The standard InChI is InChI=1S/C13H18N2O3/c1-3-10-7-5-6-8-11(10)18-9-13(17)15-14-12(16)4-2/h5-8H,3-4,9H2,1-2H3,(H,14,16)(H,15,17). The number of hydrogen-bond donors (Lipinski definition) is 2. The van der Waals surface area contributed by atoms with Gasteiger partial charge in [-0.15, -0.1) is 0 Å². The van der Waals surface area contributed by atoms with Gasteiger partial charge in [0.1, 0.15) is 5.75 Å². The van der Waals surface area contributed by atoms with Gasteiger partial charge in [-0.3, -0.25) is 20.4 Å². The summed E-state index contributed by atoms with van der Waals surface area (Å²) in [5.74, 6) is 0.0667. The molecule has 1 aromatic carbocycles. The van der Waals surface area contributed by atoms with Crippen molar-refractivity contribution >= 4 is 11.8 Å². The second-order valence-corrected chi connectivity index (χ2v) is 3.70. The summed E-state index contributed by atoms with van der Waals surface area (Å²) in [6, 6.07) is 7.54. The molecule has 0 aromatic heterocycles. The quantitative estimate of drug-likeness (QED) is 0.771. The van der Waals surface area contributed by atoms with Crippen LogP contribution in [0.25, 0.3) is 0 Å². The van der Waals surface area contributed by atoms with Crippen molar-refractivity contribution in [3.8, 4) is 5.75 Å². The number of hydrogen-bond acceptors (Lipinski definition) is 3. The minimum absolute atomic E-state index is 0.124. The molecule has 98 valence electrons. The van der Waals surface area contributed by atoms with E-state index in [1.807, 2.05) is 31.2 Å². The summed E-state index contributed by atoms with van der Waals surface area (Å²) in [6.07, 6.45) is 1.16. The predicted molar refractivity (Wildman–Crippen MR) is 67.9 cm³/mol. The summed E-state index contributed by atoms with van der Waals surface area (Å²) >= 11 is 0. The van der Waals surface area contributed by atoms with Crippen LogP contribution in [0, 0.1) is 0 Å². The molecular weight excluding hydrogens is 232 g/mol. The van der Waals surface area contributed by atoms with Gasteiger partial charge in [0.2, 0.25) is 5.91 Å². The highest BCUT2D eigenvalue weighted by Gasteiger charge is 2.06. The first kappa shape index (κ1) is 14.0. The topological polar surface area (TPSA) is 67.4 Å². The van der Waals surface area contributed by atoms with Crippen molar-refractivity contribution in [3.63, 3.8) is 0 Å². The van der Waals surface area contributed by atoms with Crippen LogP contribution < -0.4 is 15.6 Å². The van der Waals surface area contributed by atoms with Crippen molar-refractivity contribution in [2.75, 3.05) is 6.61 Å². The molecule has 5 nitrogen and oxygen atoms in total. The Morgan fingerprint density at radius 2 is 1.78 bits per heavy atom. The summed E-state index contributed by atoms with van der Waals surface area (Å²) in [5.41, 5.74) is 5.60. The number of hydrazine groups is 1. The molecule has 0 saturated heterocycles. The lowest BCUT2D eigenvalue weighted by molar-refractivity contribution is -0.129. The third kappa shape index (κ3) is 4.45. The lowest BCUT2D eigenvalue weighted by Crippen LogP contribution is -2.43. The molecule has 0 aliphatic rings. The Morgan fingerprint density at radius 1 is 1.11 bits per heavy atom. The maximum Gasteiger partial charge on any atom is 0.276 e. The fourth-order valence-electron chi connectivity index (χ4n) is 1.34. The van der Waals surface area contributed by atoms with E-state index in [0.717, 1.165) is 12.0 Å². The van der Waals surface area contributed by atoms with Gasteiger partial charge in [-0.1, -0.05) is 32.0 Å². The lowest BCUT2D eigenvalue weighted by atomic mass is 10.1. The molecule has 0 atom stereocenters. The van der Waals surface area contributed by atoms with Crippen LogP contribution in [0.4, 0.5) is 0 Å². The zero-order chi connectivity index (χ0) is 13.4. The molecular formula is C13H18N2O3. The highest BCUT2D eigenvalue weighted by atomic mass is 16.5. The van der Waals surface area contributed by atoms with Crippen molar-refractivity contribution in [2.45, 2.75) is 26.7 Å². The number of aryl methyl sites for hydroxylation is 1. The maximum atomic E-state index is 11.4. The molecule has 1 aromatic rings. The number of carbonyl (C=O) groups excluding carboxylic acids is 2. The Kier molecular flexibility index (Phi) is 5.70. The maximum absolute atomic E-state index is 11.4. The molecule has 0 aliphatic carbocycles. The highest BCUT2D eigenvalue weighted by Crippen LogP contribution is 2.17. The number of benzene rings is 1. The van der Waals surface area contributed by atoms with E-state index in [2.05, 4.69) is 10.9 Å². The van der Waals surface area contributed by atoms with E-state index in [-0.39, 0.29) is 18.4 Å². The fourth-order valence-corrected chi connectivity index (χ4v) is 1.34. The number of ether oxygens (including phenoxy) is 1. The van der Waals surface area contributed by atoms with Crippen LogP contribution in [-0.2, 0) is 16.0 Å². The zero-order valence-corrected chi connectivity index (χ0v) is 10.7. The smallest absolute Gasteiger partial charge is 0.276 e. The summed E-state index contributed by atoms with van der Waals surface area (Å²) in [7, 11) is 0. The van der Waals surface area contributed by atoms with Crippen LogP contribution >= 0.6 is 0 Å². The Bertz CT molecular complexity index is 418. The number of carbonyl (C=O) groups is 2. The molecule has 0 bridgehead atoms. The molecule has 0 unspecified atom stereocenters. The highest BCUT2D eigenvalue weighted by molar-refractivity contribution is 5.82. The van der Waals surface area contributed by atoms with Gasteiger partial charge in [-0.05, 0) is 18.1 Å². The Labute approximate surface area is 106 Å². The normalized spacial score (nSPS) is 9.67. The first-order chi connectivity index (χ1) is 8.67. The summed E-state index contributed by atoms with van der Waals surface area (Å²) < 4.78 is 5.39. The second kappa shape index (κ2) is 7.32. The van der Waals surface area contributed by atoms with Crippen molar-refractivity contribution in [2.24, 2.45) is 0 Å². The number of para-hydroxylation sites is 1. The van der Waals surface area contributed by atoms with E-state index < -0.39 is 0 Å². The molecule has 0 heterocycles. The minimum Gasteiger partial charge on any atom is -0.483 e. The van der Waals surface area contributed by atoms with E-state index in [4.69, 9.17) is 4.74 Å². The van der Waals surface area contributed by atoms with E-state index in [9.17, 15) is 9.59 Å². The number of rotatable bonds is 5. The van der Waals surface area contributed by atoms with Crippen LogP contribution in [0.5, 0.6) is 5.75 Å². The molecule has 0 spiro atoms. The Hall–Kier alpha value is -2.04. The summed E-state index contributed by atoms with van der Waals surface area (Å²) in [6.45, 7) is 3.60. The Morgan fingerprint density at radius 3 is 2.44 bits per heavy atom. The van der Waals surface area contributed by atoms with Gasteiger partial charge < -0.3 is 4.74 Å². The van der Waals surface area contributed by atoms with Gasteiger partial charge >= 0.3 is 0 Å². The van der Waals surface area contributed by atoms with Gasteiger partial charge in [0.05, 0.1) is 0 Å². The number of amides is 2. The molecule has 0 saturated carbocycles. The molecule has 2 amide bonds. The van der Waals surface area contributed by atoms with Crippen LogP contribution in [0.1, 0.15) is 25.8 Å². The van der Waals surface area contributed by atoms with Crippen molar-refractivity contribution in [1.29, 1.82) is 0 Å². The third-order valence-corrected chi connectivity index (χ3v) is 2.37.